The van der Waals surface area contributed by atoms with Gasteiger partial charge < -0.3 is 0 Å². The van der Waals surface area contributed by atoms with Crippen LogP contribution in [0, 0.1) is 0 Å². The van der Waals surface area contributed by atoms with Crippen molar-refractivity contribution in [1.82, 2.24) is 0 Å². The first kappa shape index (κ1) is 13.5. The molecule has 0 N–H and O–H groups in total. The fraction of sp³-hybridized carbons (Fsp3) is 0.105. The highest BCUT2D eigenvalue weighted by Crippen LogP contribution is 2.34. The molecule has 0 saturated carbocycles. The van der Waals surface area contributed by atoms with Gasteiger partial charge in [0, 0.05) is 21.4 Å². The molecule has 108 valence electrons. The lowest BCUT2D eigenvalue weighted by Crippen LogP contribution is -2.28. The van der Waals surface area contributed by atoms with Gasteiger partial charge in [0.25, 0.3) is 0 Å². The monoisotopic (exact) mass is 350 g/mol. The minimum Gasteiger partial charge on any atom is -0.296 e. The summed E-state index contributed by atoms with van der Waals surface area (Å²) in [6.07, 6.45) is 7.46. The number of benzene rings is 2. The SMILES string of the molecule is Brc1ccc(N2C3=CC=CCC3N=C2c2ccccc2)cc1. The maximum Gasteiger partial charge on any atom is 0.140 e. The van der Waals surface area contributed by atoms with Crippen molar-refractivity contribution in [1.29, 1.82) is 0 Å². The Bertz CT molecular complexity index is 773. The predicted octanol–water partition coefficient (Wildman–Crippen LogP) is 4.93. The van der Waals surface area contributed by atoms with Crippen LogP contribution in [0.1, 0.15) is 12.0 Å². The second-order valence-electron chi connectivity index (χ2n) is 5.40. The minimum atomic E-state index is 0.226. The van der Waals surface area contributed by atoms with Crippen LogP contribution in [0.25, 0.3) is 0 Å². The molecule has 2 aromatic rings. The molecule has 0 amide bonds. The van der Waals surface area contributed by atoms with E-state index in [1.165, 1.54) is 5.70 Å². The van der Waals surface area contributed by atoms with Crippen molar-refractivity contribution >= 4 is 27.5 Å². The smallest absolute Gasteiger partial charge is 0.140 e. The van der Waals surface area contributed by atoms with Gasteiger partial charge in [0.2, 0.25) is 0 Å². The molecule has 0 radical (unpaired) electrons. The molecule has 2 aromatic carbocycles. The third kappa shape index (κ3) is 2.32. The molecule has 0 spiro atoms. The van der Waals surface area contributed by atoms with Crippen molar-refractivity contribution in [3.63, 3.8) is 0 Å². The van der Waals surface area contributed by atoms with Gasteiger partial charge in [-0.05, 0) is 36.8 Å². The van der Waals surface area contributed by atoms with E-state index in [1.54, 1.807) is 0 Å². The van der Waals surface area contributed by atoms with Crippen LogP contribution >= 0.6 is 15.9 Å². The fourth-order valence-corrected chi connectivity index (χ4v) is 3.19. The average molecular weight is 351 g/mol. The molecule has 22 heavy (non-hydrogen) atoms. The van der Waals surface area contributed by atoms with E-state index in [2.05, 4.69) is 87.6 Å². The Morgan fingerprint density at radius 2 is 1.77 bits per heavy atom. The Balaban J connectivity index is 1.83. The van der Waals surface area contributed by atoms with Gasteiger partial charge in [-0.3, -0.25) is 9.89 Å². The zero-order valence-electron chi connectivity index (χ0n) is 12.0. The lowest BCUT2D eigenvalue weighted by atomic mass is 10.1. The van der Waals surface area contributed by atoms with Crippen LogP contribution in [-0.4, -0.2) is 11.9 Å². The molecule has 0 aromatic heterocycles. The number of hydrogen-bond acceptors (Lipinski definition) is 2. The van der Waals surface area contributed by atoms with Gasteiger partial charge in [-0.2, -0.15) is 0 Å². The summed E-state index contributed by atoms with van der Waals surface area (Å²) in [7, 11) is 0. The molecule has 0 saturated heterocycles. The van der Waals surface area contributed by atoms with Crippen molar-refractivity contribution < 1.29 is 0 Å². The normalized spacial score (nSPS) is 19.7. The lowest BCUT2D eigenvalue weighted by Gasteiger charge is -2.25. The number of hydrogen-bond donors (Lipinski definition) is 0. The first-order valence-electron chi connectivity index (χ1n) is 7.38. The molecular weight excluding hydrogens is 336 g/mol. The van der Waals surface area contributed by atoms with E-state index in [1.807, 2.05) is 6.07 Å². The van der Waals surface area contributed by atoms with Crippen LogP contribution in [0.5, 0.6) is 0 Å². The van der Waals surface area contributed by atoms with E-state index in [0.29, 0.717) is 0 Å². The number of fused-ring (bicyclic) bond motifs is 1. The number of anilines is 1. The van der Waals surface area contributed by atoms with E-state index < -0.39 is 0 Å². The van der Waals surface area contributed by atoms with Crippen LogP contribution in [0.2, 0.25) is 0 Å². The average Bonchev–Trinajstić information content (AvgIpc) is 2.96. The Morgan fingerprint density at radius 1 is 1.00 bits per heavy atom. The van der Waals surface area contributed by atoms with Crippen LogP contribution in [-0.2, 0) is 0 Å². The van der Waals surface area contributed by atoms with Crippen molar-refractivity contribution in [2.75, 3.05) is 4.90 Å². The predicted molar refractivity (Wildman–Crippen MR) is 95.2 cm³/mol. The Hall–Kier alpha value is -2.13. The zero-order valence-corrected chi connectivity index (χ0v) is 13.6. The van der Waals surface area contributed by atoms with Gasteiger partial charge in [0.05, 0.1) is 6.04 Å². The molecule has 1 heterocycles. The molecule has 1 atom stereocenters. The summed E-state index contributed by atoms with van der Waals surface area (Å²) in [5, 5.41) is 0. The number of halogens is 1. The number of amidine groups is 1. The van der Waals surface area contributed by atoms with E-state index >= 15 is 0 Å². The van der Waals surface area contributed by atoms with Crippen LogP contribution < -0.4 is 4.90 Å². The Morgan fingerprint density at radius 3 is 2.55 bits per heavy atom. The second kappa shape index (κ2) is 5.58. The van der Waals surface area contributed by atoms with Crippen LogP contribution in [0.15, 0.2) is 88.0 Å². The van der Waals surface area contributed by atoms with Crippen LogP contribution in [0.3, 0.4) is 0 Å². The molecule has 0 bridgehead atoms. The van der Waals surface area contributed by atoms with Gasteiger partial charge in [-0.1, -0.05) is 58.4 Å². The molecule has 1 aliphatic heterocycles. The Labute approximate surface area is 138 Å². The second-order valence-corrected chi connectivity index (χ2v) is 6.32. The largest absolute Gasteiger partial charge is 0.296 e. The number of rotatable bonds is 2. The van der Waals surface area contributed by atoms with Gasteiger partial charge in [0.1, 0.15) is 5.84 Å². The van der Waals surface area contributed by atoms with Gasteiger partial charge in [-0.15, -0.1) is 0 Å². The van der Waals surface area contributed by atoms with Gasteiger partial charge in [-0.25, -0.2) is 0 Å². The molecule has 3 heteroatoms. The van der Waals surface area contributed by atoms with Crippen molar-refractivity contribution in [2.45, 2.75) is 12.5 Å². The summed E-state index contributed by atoms with van der Waals surface area (Å²) in [5.74, 6) is 1.03. The molecule has 0 fully saturated rings. The zero-order chi connectivity index (χ0) is 14.9. The summed E-state index contributed by atoms with van der Waals surface area (Å²) in [4.78, 5) is 7.25. The highest BCUT2D eigenvalue weighted by Gasteiger charge is 2.32. The third-order valence-corrected chi connectivity index (χ3v) is 4.50. The minimum absolute atomic E-state index is 0.226. The third-order valence-electron chi connectivity index (χ3n) is 3.97. The van der Waals surface area contributed by atoms with Gasteiger partial charge >= 0.3 is 0 Å². The number of aliphatic imine (C=N–C) groups is 1. The first-order chi connectivity index (χ1) is 10.8. The molecule has 4 rings (SSSR count). The van der Waals surface area contributed by atoms with E-state index in [-0.39, 0.29) is 6.04 Å². The summed E-state index contributed by atoms with van der Waals surface area (Å²) in [6.45, 7) is 0. The maximum absolute atomic E-state index is 4.97. The molecule has 1 aliphatic carbocycles. The molecule has 1 unspecified atom stereocenters. The summed E-state index contributed by atoms with van der Waals surface area (Å²) >= 11 is 3.51. The molecule has 2 aliphatic rings. The van der Waals surface area contributed by atoms with Crippen molar-refractivity contribution in [3.05, 3.63) is 88.6 Å². The standard InChI is InChI=1S/C19H15BrN2/c20-15-10-12-16(13-11-15)22-18-9-5-4-8-17(18)21-19(22)14-6-2-1-3-7-14/h1-7,9-13,17H,8H2. The number of nitrogens with zero attached hydrogens (tertiary/aromatic N) is 2. The van der Waals surface area contributed by atoms with Gasteiger partial charge in [0.15, 0.2) is 0 Å². The lowest BCUT2D eigenvalue weighted by molar-refractivity contribution is 0.797. The molecular formula is C19H15BrN2. The van der Waals surface area contributed by atoms with E-state index in [0.717, 1.165) is 28.0 Å². The van der Waals surface area contributed by atoms with Crippen molar-refractivity contribution in [3.8, 4) is 0 Å². The number of allylic oxidation sites excluding steroid dienone is 2. The first-order valence-corrected chi connectivity index (χ1v) is 8.18. The quantitative estimate of drug-likeness (QED) is 0.749. The fourth-order valence-electron chi connectivity index (χ4n) is 2.93. The van der Waals surface area contributed by atoms with E-state index in [9.17, 15) is 0 Å². The maximum atomic E-state index is 4.97. The summed E-state index contributed by atoms with van der Waals surface area (Å²) in [5.41, 5.74) is 3.55. The molecule has 2 nitrogen and oxygen atoms in total. The summed E-state index contributed by atoms with van der Waals surface area (Å²) in [6, 6.07) is 19.0. The Kier molecular flexibility index (Phi) is 3.43. The highest BCUT2D eigenvalue weighted by atomic mass is 79.9. The van der Waals surface area contributed by atoms with E-state index in [4.69, 9.17) is 4.99 Å². The summed E-state index contributed by atoms with van der Waals surface area (Å²) < 4.78 is 1.09. The highest BCUT2D eigenvalue weighted by molar-refractivity contribution is 9.10. The van der Waals surface area contributed by atoms with Crippen LogP contribution in [0.4, 0.5) is 5.69 Å². The topological polar surface area (TPSA) is 15.6 Å². The van der Waals surface area contributed by atoms with Crippen molar-refractivity contribution in [2.24, 2.45) is 4.99 Å².